The molecule has 140 valence electrons. The molecule has 1 N–H and O–H groups in total. The molecule has 0 unspecified atom stereocenters. The van der Waals surface area contributed by atoms with E-state index in [0.29, 0.717) is 36.5 Å². The van der Waals surface area contributed by atoms with Crippen LogP contribution in [0.15, 0.2) is 29.0 Å². The molecule has 3 heterocycles. The molecule has 1 saturated heterocycles. The quantitative estimate of drug-likeness (QED) is 0.818. The van der Waals surface area contributed by atoms with E-state index in [1.54, 1.807) is 12.4 Å². The molecule has 3 rings (SSSR count). The highest BCUT2D eigenvalue weighted by Gasteiger charge is 2.22. The van der Waals surface area contributed by atoms with Crippen LogP contribution in [0.5, 0.6) is 0 Å². The molecule has 1 aliphatic heterocycles. The maximum Gasteiger partial charge on any atom is 0.227 e. The van der Waals surface area contributed by atoms with Gasteiger partial charge in [-0.25, -0.2) is 0 Å². The van der Waals surface area contributed by atoms with Crippen LogP contribution in [0.2, 0.25) is 0 Å². The zero-order chi connectivity index (χ0) is 18.4. The Morgan fingerprint density at radius 1 is 1.46 bits per heavy atom. The summed E-state index contributed by atoms with van der Waals surface area (Å²) in [7, 11) is 0. The number of nitrogens with one attached hydrogen (secondary N) is 1. The summed E-state index contributed by atoms with van der Waals surface area (Å²) < 4.78 is 5.23. The molecule has 0 saturated carbocycles. The Balaban J connectivity index is 1.41. The van der Waals surface area contributed by atoms with Crippen molar-refractivity contribution in [3.8, 4) is 11.4 Å². The van der Waals surface area contributed by atoms with E-state index in [2.05, 4.69) is 39.2 Å². The molecule has 2 aromatic rings. The molecule has 0 radical (unpaired) electrons. The Morgan fingerprint density at radius 2 is 2.35 bits per heavy atom. The minimum Gasteiger partial charge on any atom is -0.356 e. The SMILES string of the molecule is CC(C)N1CCC[C@H](CNC(=O)CCc2nc(-c3cccnc3)no2)C1. The van der Waals surface area contributed by atoms with Crippen molar-refractivity contribution in [2.75, 3.05) is 19.6 Å². The molecule has 1 atom stereocenters. The van der Waals surface area contributed by atoms with Crippen molar-refractivity contribution in [2.24, 2.45) is 5.92 Å². The van der Waals surface area contributed by atoms with Crippen molar-refractivity contribution in [1.82, 2.24) is 25.3 Å². The number of hydrogen-bond acceptors (Lipinski definition) is 6. The Morgan fingerprint density at radius 3 is 3.12 bits per heavy atom. The highest BCUT2D eigenvalue weighted by molar-refractivity contribution is 5.76. The molecule has 1 aliphatic rings. The first kappa shape index (κ1) is 18.5. The summed E-state index contributed by atoms with van der Waals surface area (Å²) in [6.45, 7) is 7.43. The van der Waals surface area contributed by atoms with Crippen molar-refractivity contribution in [1.29, 1.82) is 0 Å². The molecule has 7 heteroatoms. The minimum atomic E-state index is 0.0350. The number of rotatable bonds is 7. The van der Waals surface area contributed by atoms with Gasteiger partial charge >= 0.3 is 0 Å². The number of aryl methyl sites for hydroxylation is 1. The van der Waals surface area contributed by atoms with Gasteiger partial charge in [-0.3, -0.25) is 9.78 Å². The third kappa shape index (κ3) is 5.11. The number of likely N-dealkylation sites (tertiary alicyclic amines) is 1. The summed E-state index contributed by atoms with van der Waals surface area (Å²) in [5.74, 6) is 1.55. The average molecular weight is 357 g/mol. The van der Waals surface area contributed by atoms with Gasteiger partial charge in [0.2, 0.25) is 17.6 Å². The van der Waals surface area contributed by atoms with Crippen LogP contribution in [0.1, 0.15) is 39.0 Å². The molecular weight excluding hydrogens is 330 g/mol. The Hall–Kier alpha value is -2.28. The lowest BCUT2D eigenvalue weighted by Crippen LogP contribution is -2.43. The summed E-state index contributed by atoms with van der Waals surface area (Å²) in [6, 6.07) is 4.27. The molecule has 0 aromatic carbocycles. The van der Waals surface area contributed by atoms with Gasteiger partial charge in [0, 0.05) is 49.9 Å². The maximum absolute atomic E-state index is 12.1. The highest BCUT2D eigenvalue weighted by atomic mass is 16.5. The smallest absolute Gasteiger partial charge is 0.227 e. The molecule has 2 aromatic heterocycles. The fourth-order valence-corrected chi connectivity index (χ4v) is 3.27. The van der Waals surface area contributed by atoms with E-state index < -0.39 is 0 Å². The molecule has 0 aliphatic carbocycles. The van der Waals surface area contributed by atoms with Crippen LogP contribution in [0.4, 0.5) is 0 Å². The highest BCUT2D eigenvalue weighted by Crippen LogP contribution is 2.18. The maximum atomic E-state index is 12.1. The molecular formula is C19H27N5O2. The second kappa shape index (κ2) is 8.89. The predicted octanol–water partition coefficient (Wildman–Crippen LogP) is 2.30. The van der Waals surface area contributed by atoms with Gasteiger partial charge < -0.3 is 14.7 Å². The molecule has 0 bridgehead atoms. The lowest BCUT2D eigenvalue weighted by Gasteiger charge is -2.35. The fourth-order valence-electron chi connectivity index (χ4n) is 3.27. The van der Waals surface area contributed by atoms with Crippen LogP contribution >= 0.6 is 0 Å². The van der Waals surface area contributed by atoms with Crippen LogP contribution in [-0.4, -0.2) is 51.6 Å². The van der Waals surface area contributed by atoms with Crippen molar-refractivity contribution in [3.05, 3.63) is 30.4 Å². The largest absolute Gasteiger partial charge is 0.356 e. The van der Waals surface area contributed by atoms with Crippen LogP contribution in [0.3, 0.4) is 0 Å². The first-order valence-electron chi connectivity index (χ1n) is 9.35. The molecule has 1 amide bonds. The molecule has 7 nitrogen and oxygen atoms in total. The van der Waals surface area contributed by atoms with E-state index >= 15 is 0 Å². The van der Waals surface area contributed by atoms with Crippen LogP contribution in [0, 0.1) is 5.92 Å². The first-order chi connectivity index (χ1) is 12.6. The number of carbonyl (C=O) groups excluding carboxylic acids is 1. The standard InChI is InChI=1S/C19H27N5O2/c1-14(2)24-10-4-5-15(13-24)11-21-17(25)7-8-18-22-19(23-26-18)16-6-3-9-20-12-16/h3,6,9,12,14-15H,4-5,7-8,10-11,13H2,1-2H3,(H,21,25)/t15-/m1/s1. The average Bonchev–Trinajstić information content (AvgIpc) is 3.15. The number of amides is 1. The summed E-state index contributed by atoms with van der Waals surface area (Å²) in [5, 5.41) is 7.00. The topological polar surface area (TPSA) is 84.2 Å². The second-order valence-corrected chi connectivity index (χ2v) is 7.15. The van der Waals surface area contributed by atoms with Gasteiger partial charge in [0.15, 0.2) is 0 Å². The van der Waals surface area contributed by atoms with Gasteiger partial charge in [0.25, 0.3) is 0 Å². The van der Waals surface area contributed by atoms with E-state index in [0.717, 1.165) is 18.7 Å². The molecule has 0 spiro atoms. The summed E-state index contributed by atoms with van der Waals surface area (Å²) in [5.41, 5.74) is 0.805. The van der Waals surface area contributed by atoms with E-state index in [1.807, 2.05) is 12.1 Å². The number of pyridine rings is 1. The van der Waals surface area contributed by atoms with Gasteiger partial charge in [-0.15, -0.1) is 0 Å². The lowest BCUT2D eigenvalue weighted by molar-refractivity contribution is -0.121. The number of piperidine rings is 1. The lowest BCUT2D eigenvalue weighted by atomic mass is 9.97. The van der Waals surface area contributed by atoms with E-state index in [9.17, 15) is 4.79 Å². The number of carbonyl (C=O) groups is 1. The zero-order valence-electron chi connectivity index (χ0n) is 15.5. The summed E-state index contributed by atoms with van der Waals surface area (Å²) in [6.07, 6.45) is 6.57. The monoisotopic (exact) mass is 357 g/mol. The Bertz CT molecular complexity index is 701. The molecule has 26 heavy (non-hydrogen) atoms. The normalized spacial score (nSPS) is 18.2. The first-order valence-corrected chi connectivity index (χ1v) is 9.35. The van der Waals surface area contributed by atoms with E-state index in [1.165, 1.54) is 19.4 Å². The Kier molecular flexibility index (Phi) is 6.33. The van der Waals surface area contributed by atoms with Crippen molar-refractivity contribution < 1.29 is 9.32 Å². The van der Waals surface area contributed by atoms with Crippen molar-refractivity contribution >= 4 is 5.91 Å². The van der Waals surface area contributed by atoms with Crippen molar-refractivity contribution in [2.45, 2.75) is 45.6 Å². The van der Waals surface area contributed by atoms with Crippen LogP contribution < -0.4 is 5.32 Å². The second-order valence-electron chi connectivity index (χ2n) is 7.15. The number of aromatic nitrogens is 3. The van der Waals surface area contributed by atoms with Gasteiger partial charge in [0.1, 0.15) is 0 Å². The summed E-state index contributed by atoms with van der Waals surface area (Å²) in [4.78, 5) is 23.0. The van der Waals surface area contributed by atoms with E-state index in [4.69, 9.17) is 4.52 Å². The third-order valence-corrected chi connectivity index (χ3v) is 4.82. The third-order valence-electron chi connectivity index (χ3n) is 4.82. The Labute approximate surface area is 154 Å². The fraction of sp³-hybridized carbons (Fsp3) is 0.579. The summed E-state index contributed by atoms with van der Waals surface area (Å²) >= 11 is 0. The number of hydrogen-bond donors (Lipinski definition) is 1. The van der Waals surface area contributed by atoms with Crippen molar-refractivity contribution in [3.63, 3.8) is 0 Å². The van der Waals surface area contributed by atoms with Crippen LogP contribution in [-0.2, 0) is 11.2 Å². The zero-order valence-corrected chi connectivity index (χ0v) is 15.5. The predicted molar refractivity (Wildman–Crippen MR) is 98.3 cm³/mol. The van der Waals surface area contributed by atoms with Crippen LogP contribution in [0.25, 0.3) is 11.4 Å². The van der Waals surface area contributed by atoms with Gasteiger partial charge in [-0.1, -0.05) is 5.16 Å². The molecule has 1 fully saturated rings. The van der Waals surface area contributed by atoms with Gasteiger partial charge in [-0.2, -0.15) is 4.98 Å². The van der Waals surface area contributed by atoms with Gasteiger partial charge in [-0.05, 0) is 51.3 Å². The van der Waals surface area contributed by atoms with E-state index in [-0.39, 0.29) is 5.91 Å². The minimum absolute atomic E-state index is 0.0350. The van der Waals surface area contributed by atoms with Gasteiger partial charge in [0.05, 0.1) is 0 Å². The number of nitrogens with zero attached hydrogens (tertiary/aromatic N) is 4.